The van der Waals surface area contributed by atoms with Crippen molar-refractivity contribution in [3.63, 3.8) is 0 Å². The first-order chi connectivity index (χ1) is 10.2. The van der Waals surface area contributed by atoms with Gasteiger partial charge in [0.2, 0.25) is 0 Å². The molecule has 0 aliphatic heterocycles. The molecular formula is C13H18N8. The molecule has 3 aromatic heterocycles. The third-order valence-electron chi connectivity index (χ3n) is 3.31. The first kappa shape index (κ1) is 13.6. The van der Waals surface area contributed by atoms with Crippen LogP contribution in [-0.2, 0) is 6.42 Å². The van der Waals surface area contributed by atoms with Gasteiger partial charge >= 0.3 is 0 Å². The van der Waals surface area contributed by atoms with Crippen LogP contribution in [0.3, 0.4) is 0 Å². The summed E-state index contributed by atoms with van der Waals surface area (Å²) in [7, 11) is 0. The van der Waals surface area contributed by atoms with E-state index in [0.29, 0.717) is 11.7 Å². The predicted molar refractivity (Wildman–Crippen MR) is 76.2 cm³/mol. The van der Waals surface area contributed by atoms with Crippen LogP contribution in [0, 0.1) is 13.8 Å². The summed E-state index contributed by atoms with van der Waals surface area (Å²) in [6.07, 6.45) is 4.24. The topological polar surface area (TPSA) is 86.7 Å². The minimum Gasteiger partial charge on any atom is -0.200 e. The minimum absolute atomic E-state index is 0.423. The lowest BCUT2D eigenvalue weighted by atomic mass is 10.2. The zero-order valence-electron chi connectivity index (χ0n) is 12.5. The van der Waals surface area contributed by atoms with Crippen LogP contribution in [0.2, 0.25) is 0 Å². The first-order valence-corrected chi connectivity index (χ1v) is 7.17. The van der Waals surface area contributed by atoms with Gasteiger partial charge in [0.05, 0.1) is 5.69 Å². The SMILES string of the molecule is CCCCCc1nnc2nnc(-n3nc(C)cc3C)nn12. The van der Waals surface area contributed by atoms with Gasteiger partial charge in [-0.15, -0.1) is 25.5 Å². The Morgan fingerprint density at radius 1 is 1.00 bits per heavy atom. The molecule has 8 nitrogen and oxygen atoms in total. The van der Waals surface area contributed by atoms with Crippen LogP contribution in [0.1, 0.15) is 43.4 Å². The van der Waals surface area contributed by atoms with E-state index < -0.39 is 0 Å². The summed E-state index contributed by atoms with van der Waals surface area (Å²) in [6, 6.07) is 1.97. The lowest BCUT2D eigenvalue weighted by Gasteiger charge is -2.02. The Labute approximate surface area is 122 Å². The van der Waals surface area contributed by atoms with E-state index in [-0.39, 0.29) is 0 Å². The van der Waals surface area contributed by atoms with Crippen LogP contribution in [0.4, 0.5) is 0 Å². The highest BCUT2D eigenvalue weighted by molar-refractivity contribution is 5.25. The molecule has 110 valence electrons. The minimum atomic E-state index is 0.423. The Morgan fingerprint density at radius 2 is 1.81 bits per heavy atom. The second-order valence-corrected chi connectivity index (χ2v) is 5.12. The van der Waals surface area contributed by atoms with E-state index in [1.807, 2.05) is 19.9 Å². The monoisotopic (exact) mass is 286 g/mol. The molecule has 3 rings (SSSR count). The van der Waals surface area contributed by atoms with Crippen LogP contribution in [-0.4, -0.2) is 39.8 Å². The molecule has 0 N–H and O–H groups in total. The number of nitrogens with zero attached hydrogens (tertiary/aromatic N) is 8. The van der Waals surface area contributed by atoms with Crippen molar-refractivity contribution in [2.75, 3.05) is 0 Å². The summed E-state index contributed by atoms with van der Waals surface area (Å²) in [5, 5.41) is 25.2. The highest BCUT2D eigenvalue weighted by Crippen LogP contribution is 2.08. The van der Waals surface area contributed by atoms with Gasteiger partial charge in [-0.1, -0.05) is 19.8 Å². The Morgan fingerprint density at radius 3 is 2.52 bits per heavy atom. The number of fused-ring (bicyclic) bond motifs is 1. The summed E-state index contributed by atoms with van der Waals surface area (Å²) in [5.41, 5.74) is 1.89. The standard InChI is InChI=1S/C13H18N8/c1-4-5-6-7-11-14-15-12-16-17-13(19-21(11)12)20-10(3)8-9(2)18-20/h8H,4-7H2,1-3H3. The summed E-state index contributed by atoms with van der Waals surface area (Å²) in [5.74, 6) is 1.67. The normalized spacial score (nSPS) is 11.4. The Hall–Kier alpha value is -2.38. The molecule has 0 aliphatic rings. The Balaban J connectivity index is 1.98. The number of rotatable bonds is 5. The molecule has 0 saturated carbocycles. The Kier molecular flexibility index (Phi) is 3.59. The molecule has 0 aliphatic carbocycles. The fourth-order valence-corrected chi connectivity index (χ4v) is 2.27. The number of unbranched alkanes of at least 4 members (excludes halogenated alkanes) is 2. The van der Waals surface area contributed by atoms with Crippen molar-refractivity contribution >= 4 is 5.78 Å². The van der Waals surface area contributed by atoms with Crippen molar-refractivity contribution in [2.45, 2.75) is 46.5 Å². The zero-order chi connectivity index (χ0) is 14.8. The number of aryl methyl sites for hydroxylation is 3. The second kappa shape index (κ2) is 5.55. The maximum atomic E-state index is 4.48. The van der Waals surface area contributed by atoms with Crippen LogP contribution in [0.15, 0.2) is 6.07 Å². The fourth-order valence-electron chi connectivity index (χ4n) is 2.27. The summed E-state index contributed by atoms with van der Waals surface area (Å²) < 4.78 is 3.34. The molecule has 0 atom stereocenters. The lowest BCUT2D eigenvalue weighted by Crippen LogP contribution is -2.11. The van der Waals surface area contributed by atoms with Crippen molar-refractivity contribution in [2.24, 2.45) is 0 Å². The zero-order valence-corrected chi connectivity index (χ0v) is 12.5. The summed E-state index contributed by atoms with van der Waals surface area (Å²) >= 11 is 0. The lowest BCUT2D eigenvalue weighted by molar-refractivity contribution is 0.651. The molecule has 0 spiro atoms. The quantitative estimate of drug-likeness (QED) is 0.660. The van der Waals surface area contributed by atoms with E-state index in [9.17, 15) is 0 Å². The summed E-state index contributed by atoms with van der Waals surface area (Å²) in [6.45, 7) is 6.07. The number of hydrogen-bond donors (Lipinski definition) is 0. The largest absolute Gasteiger partial charge is 0.290 e. The van der Waals surface area contributed by atoms with Gasteiger partial charge in [0.15, 0.2) is 5.82 Å². The molecule has 3 heterocycles. The van der Waals surface area contributed by atoms with Gasteiger partial charge in [-0.3, -0.25) is 0 Å². The van der Waals surface area contributed by atoms with Crippen molar-refractivity contribution in [3.05, 3.63) is 23.3 Å². The molecule has 0 bridgehead atoms. The van der Waals surface area contributed by atoms with Crippen LogP contribution in [0.5, 0.6) is 0 Å². The molecule has 0 saturated heterocycles. The van der Waals surface area contributed by atoms with Gasteiger partial charge in [-0.25, -0.2) is 4.68 Å². The fraction of sp³-hybridized carbons (Fsp3) is 0.538. The van der Waals surface area contributed by atoms with Gasteiger partial charge in [0, 0.05) is 12.1 Å². The van der Waals surface area contributed by atoms with E-state index in [4.69, 9.17) is 0 Å². The molecule has 21 heavy (non-hydrogen) atoms. The predicted octanol–water partition coefficient (Wildman–Crippen LogP) is 1.45. The molecule has 0 amide bonds. The molecule has 0 fully saturated rings. The average Bonchev–Trinajstić information content (AvgIpc) is 3.02. The van der Waals surface area contributed by atoms with E-state index in [0.717, 1.165) is 36.5 Å². The van der Waals surface area contributed by atoms with E-state index in [2.05, 4.69) is 37.5 Å². The molecule has 3 aromatic rings. The highest BCUT2D eigenvalue weighted by Gasteiger charge is 2.12. The Bertz CT molecular complexity index is 757. The number of hydrogen-bond acceptors (Lipinski definition) is 6. The van der Waals surface area contributed by atoms with Gasteiger partial charge in [0.1, 0.15) is 0 Å². The molecule has 8 heteroatoms. The van der Waals surface area contributed by atoms with Crippen molar-refractivity contribution in [1.82, 2.24) is 39.8 Å². The second-order valence-electron chi connectivity index (χ2n) is 5.12. The van der Waals surface area contributed by atoms with Gasteiger partial charge in [-0.05, 0) is 26.3 Å². The van der Waals surface area contributed by atoms with Crippen molar-refractivity contribution < 1.29 is 0 Å². The summed E-state index contributed by atoms with van der Waals surface area (Å²) in [4.78, 5) is 0. The molecular weight excluding hydrogens is 268 g/mol. The molecule has 0 unspecified atom stereocenters. The highest BCUT2D eigenvalue weighted by atomic mass is 15.5. The maximum absolute atomic E-state index is 4.48. The number of aromatic nitrogens is 8. The molecule has 0 aromatic carbocycles. The van der Waals surface area contributed by atoms with Gasteiger partial charge < -0.3 is 0 Å². The van der Waals surface area contributed by atoms with E-state index in [1.165, 1.54) is 6.42 Å². The van der Waals surface area contributed by atoms with E-state index in [1.54, 1.807) is 9.20 Å². The van der Waals surface area contributed by atoms with Crippen molar-refractivity contribution in [3.8, 4) is 5.95 Å². The average molecular weight is 286 g/mol. The van der Waals surface area contributed by atoms with E-state index >= 15 is 0 Å². The first-order valence-electron chi connectivity index (χ1n) is 7.17. The van der Waals surface area contributed by atoms with Crippen LogP contribution < -0.4 is 0 Å². The van der Waals surface area contributed by atoms with Crippen molar-refractivity contribution in [1.29, 1.82) is 0 Å². The van der Waals surface area contributed by atoms with Gasteiger partial charge in [0.25, 0.3) is 11.7 Å². The third-order valence-corrected chi connectivity index (χ3v) is 3.31. The molecule has 0 radical (unpaired) electrons. The van der Waals surface area contributed by atoms with Crippen LogP contribution >= 0.6 is 0 Å². The third kappa shape index (κ3) is 2.61. The van der Waals surface area contributed by atoms with Crippen LogP contribution in [0.25, 0.3) is 11.7 Å². The van der Waals surface area contributed by atoms with Gasteiger partial charge in [-0.2, -0.15) is 9.61 Å². The maximum Gasteiger partial charge on any atom is 0.290 e. The smallest absolute Gasteiger partial charge is 0.200 e.